The number of nitrogens with one attached hydrogen (secondary N) is 1. The SMILES string of the molecule is Cc1nc(C2CC2)sc1-c1nc(NC2CCN(S(C)(=O)=O)CC2)ncc1F. The second kappa shape index (κ2) is 7.06. The Morgan fingerprint density at radius 3 is 2.56 bits per heavy atom. The van der Waals surface area contributed by atoms with Gasteiger partial charge in [0.25, 0.3) is 0 Å². The van der Waals surface area contributed by atoms with Gasteiger partial charge in [0.2, 0.25) is 16.0 Å². The van der Waals surface area contributed by atoms with Crippen molar-refractivity contribution in [3.8, 4) is 10.6 Å². The first-order valence-electron chi connectivity index (χ1n) is 9.03. The van der Waals surface area contributed by atoms with Crippen molar-refractivity contribution in [2.75, 3.05) is 24.7 Å². The molecule has 0 amide bonds. The minimum absolute atomic E-state index is 0.0610. The van der Waals surface area contributed by atoms with Crippen LogP contribution in [0.3, 0.4) is 0 Å². The van der Waals surface area contributed by atoms with Crippen LogP contribution in [0.1, 0.15) is 42.3 Å². The van der Waals surface area contributed by atoms with Crippen LogP contribution in [-0.4, -0.2) is 53.1 Å². The van der Waals surface area contributed by atoms with Gasteiger partial charge in [-0.05, 0) is 32.6 Å². The lowest BCUT2D eigenvalue weighted by Gasteiger charge is -2.30. The summed E-state index contributed by atoms with van der Waals surface area (Å²) < 4.78 is 39.1. The lowest BCUT2D eigenvalue weighted by molar-refractivity contribution is 0.331. The predicted molar refractivity (Wildman–Crippen MR) is 103 cm³/mol. The van der Waals surface area contributed by atoms with E-state index in [0.29, 0.717) is 37.8 Å². The Kier molecular flexibility index (Phi) is 4.89. The maximum Gasteiger partial charge on any atom is 0.223 e. The number of rotatable bonds is 5. The number of piperidine rings is 1. The van der Waals surface area contributed by atoms with Gasteiger partial charge in [0.1, 0.15) is 5.69 Å². The fourth-order valence-electron chi connectivity index (χ4n) is 3.25. The maximum absolute atomic E-state index is 14.4. The molecular formula is C17H22FN5O2S2. The monoisotopic (exact) mass is 411 g/mol. The fraction of sp³-hybridized carbons (Fsp3) is 0.588. The van der Waals surface area contributed by atoms with Crippen molar-refractivity contribution in [2.45, 2.75) is 44.6 Å². The molecule has 1 aliphatic heterocycles. The van der Waals surface area contributed by atoms with Gasteiger partial charge in [0.15, 0.2) is 5.82 Å². The van der Waals surface area contributed by atoms with E-state index in [1.807, 2.05) is 6.92 Å². The summed E-state index contributed by atoms with van der Waals surface area (Å²) in [5, 5.41) is 4.28. The van der Waals surface area contributed by atoms with Crippen molar-refractivity contribution in [1.82, 2.24) is 19.3 Å². The summed E-state index contributed by atoms with van der Waals surface area (Å²) in [5.41, 5.74) is 1.08. The zero-order valence-electron chi connectivity index (χ0n) is 15.3. The van der Waals surface area contributed by atoms with Crippen LogP contribution >= 0.6 is 11.3 Å². The summed E-state index contributed by atoms with van der Waals surface area (Å²) in [6.07, 6.45) is 6.04. The maximum atomic E-state index is 14.4. The lowest BCUT2D eigenvalue weighted by Crippen LogP contribution is -2.42. The van der Waals surface area contributed by atoms with Gasteiger partial charge >= 0.3 is 0 Å². The zero-order chi connectivity index (χ0) is 19.2. The molecule has 2 aromatic heterocycles. The van der Waals surface area contributed by atoms with E-state index in [4.69, 9.17) is 0 Å². The van der Waals surface area contributed by atoms with Gasteiger partial charge in [0.05, 0.1) is 28.0 Å². The van der Waals surface area contributed by atoms with Crippen molar-refractivity contribution in [3.63, 3.8) is 0 Å². The van der Waals surface area contributed by atoms with E-state index in [1.165, 1.54) is 28.1 Å². The van der Waals surface area contributed by atoms with Crippen LogP contribution < -0.4 is 5.32 Å². The molecule has 2 aromatic rings. The number of nitrogens with zero attached hydrogens (tertiary/aromatic N) is 4. The standard InChI is InChI=1S/C17H22FN5O2S2/c1-10-15(26-16(20-10)11-3-4-11)14-13(18)9-19-17(22-14)21-12-5-7-23(8-6-12)27(2,24)25/h9,11-12H,3-8H2,1-2H3,(H,19,21,22). The van der Waals surface area contributed by atoms with Crippen molar-refractivity contribution in [3.05, 3.63) is 22.7 Å². The van der Waals surface area contributed by atoms with Gasteiger partial charge in [-0.2, -0.15) is 0 Å². The van der Waals surface area contributed by atoms with E-state index >= 15 is 0 Å². The predicted octanol–water partition coefficient (Wildman–Crippen LogP) is 2.76. The van der Waals surface area contributed by atoms with Gasteiger partial charge < -0.3 is 5.32 Å². The number of aryl methyl sites for hydroxylation is 1. The van der Waals surface area contributed by atoms with E-state index in [9.17, 15) is 12.8 Å². The van der Waals surface area contributed by atoms with Gasteiger partial charge in [0, 0.05) is 25.0 Å². The first kappa shape index (κ1) is 18.7. The molecule has 1 saturated carbocycles. The number of sulfonamides is 1. The average Bonchev–Trinajstić information content (AvgIpc) is 3.39. The van der Waals surface area contributed by atoms with Crippen LogP contribution in [0.4, 0.5) is 10.3 Å². The summed E-state index contributed by atoms with van der Waals surface area (Å²) in [4.78, 5) is 13.8. The van der Waals surface area contributed by atoms with Crippen LogP contribution in [0.2, 0.25) is 0 Å². The van der Waals surface area contributed by atoms with E-state index in [1.54, 1.807) is 0 Å². The second-order valence-corrected chi connectivity index (χ2v) is 10.2. The molecule has 146 valence electrons. The van der Waals surface area contributed by atoms with Crippen LogP contribution in [0, 0.1) is 12.7 Å². The van der Waals surface area contributed by atoms with Crippen molar-refractivity contribution >= 4 is 27.3 Å². The van der Waals surface area contributed by atoms with E-state index in [0.717, 1.165) is 28.4 Å². The molecule has 1 saturated heterocycles. The van der Waals surface area contributed by atoms with E-state index < -0.39 is 15.8 Å². The lowest BCUT2D eigenvalue weighted by atomic mass is 10.1. The highest BCUT2D eigenvalue weighted by atomic mass is 32.2. The molecule has 1 aliphatic carbocycles. The molecule has 7 nitrogen and oxygen atoms in total. The summed E-state index contributed by atoms with van der Waals surface area (Å²) in [6.45, 7) is 2.81. The molecule has 4 rings (SSSR count). The van der Waals surface area contributed by atoms with Gasteiger partial charge in [-0.3, -0.25) is 0 Å². The number of hydrogen-bond donors (Lipinski definition) is 1. The smallest absolute Gasteiger partial charge is 0.223 e. The molecule has 27 heavy (non-hydrogen) atoms. The molecule has 0 aromatic carbocycles. The molecule has 2 fully saturated rings. The Labute approximate surface area is 162 Å². The van der Waals surface area contributed by atoms with Crippen LogP contribution in [0.15, 0.2) is 6.20 Å². The largest absolute Gasteiger partial charge is 0.351 e. The minimum atomic E-state index is -3.16. The van der Waals surface area contributed by atoms with Crippen LogP contribution in [0.5, 0.6) is 0 Å². The van der Waals surface area contributed by atoms with Crippen LogP contribution in [-0.2, 0) is 10.0 Å². The number of aromatic nitrogens is 3. The van der Waals surface area contributed by atoms with Crippen molar-refractivity contribution in [1.29, 1.82) is 0 Å². The zero-order valence-corrected chi connectivity index (χ0v) is 16.9. The molecule has 0 atom stereocenters. The Morgan fingerprint density at radius 2 is 1.93 bits per heavy atom. The fourth-order valence-corrected chi connectivity index (χ4v) is 5.35. The molecule has 3 heterocycles. The molecule has 2 aliphatic rings. The summed E-state index contributed by atoms with van der Waals surface area (Å²) in [7, 11) is -3.16. The topological polar surface area (TPSA) is 88.1 Å². The number of anilines is 1. The highest BCUT2D eigenvalue weighted by Crippen LogP contribution is 2.44. The minimum Gasteiger partial charge on any atom is -0.351 e. The number of thiazole rings is 1. The van der Waals surface area contributed by atoms with Crippen molar-refractivity contribution < 1.29 is 12.8 Å². The molecule has 10 heteroatoms. The molecule has 0 unspecified atom stereocenters. The third-order valence-corrected chi connectivity index (χ3v) is 7.58. The highest BCUT2D eigenvalue weighted by Gasteiger charge is 2.29. The Balaban J connectivity index is 1.50. The first-order chi connectivity index (χ1) is 12.8. The number of hydrogen-bond acceptors (Lipinski definition) is 7. The molecule has 1 N–H and O–H groups in total. The van der Waals surface area contributed by atoms with Crippen LogP contribution in [0.25, 0.3) is 10.6 Å². The summed E-state index contributed by atoms with van der Waals surface area (Å²) in [5.74, 6) is 0.427. The highest BCUT2D eigenvalue weighted by molar-refractivity contribution is 7.88. The Morgan fingerprint density at radius 1 is 1.22 bits per heavy atom. The molecular weight excluding hydrogens is 389 g/mol. The number of halogens is 1. The molecule has 0 bridgehead atoms. The Bertz CT molecular complexity index is 950. The summed E-state index contributed by atoms with van der Waals surface area (Å²) >= 11 is 1.51. The van der Waals surface area contributed by atoms with E-state index in [-0.39, 0.29) is 11.7 Å². The Hall–Kier alpha value is -1.65. The van der Waals surface area contributed by atoms with Crippen molar-refractivity contribution in [2.24, 2.45) is 0 Å². The van der Waals surface area contributed by atoms with Gasteiger partial charge in [-0.15, -0.1) is 11.3 Å². The normalized spacial score (nSPS) is 19.4. The van der Waals surface area contributed by atoms with E-state index in [2.05, 4.69) is 20.3 Å². The molecule has 0 radical (unpaired) electrons. The van der Waals surface area contributed by atoms with Gasteiger partial charge in [-0.25, -0.2) is 32.1 Å². The first-order valence-corrected chi connectivity index (χ1v) is 11.7. The average molecular weight is 412 g/mol. The third-order valence-electron chi connectivity index (χ3n) is 4.96. The molecule has 0 spiro atoms. The summed E-state index contributed by atoms with van der Waals surface area (Å²) in [6, 6.07) is 0.0610. The van der Waals surface area contributed by atoms with Gasteiger partial charge in [-0.1, -0.05) is 0 Å². The second-order valence-electron chi connectivity index (χ2n) is 7.21. The quantitative estimate of drug-likeness (QED) is 0.814. The third kappa shape index (κ3) is 4.12.